The van der Waals surface area contributed by atoms with Gasteiger partial charge in [-0.15, -0.1) is 0 Å². The number of ether oxygens (including phenoxy) is 13. The van der Waals surface area contributed by atoms with Crippen LogP contribution in [-0.2, 0) is 86.2 Å². The molecule has 20 nitrogen and oxygen atoms in total. The topological polar surface area (TPSA) is 238 Å². The number of carbonyl (C=O) groups is 5. The fraction of sp³-hybridized carbons (Fsp3) is 0.390. The molecule has 512 valence electrons. The van der Waals surface area contributed by atoms with E-state index in [0.717, 1.165) is 48.8 Å². The van der Waals surface area contributed by atoms with E-state index in [0.29, 0.717) is 6.42 Å². The van der Waals surface area contributed by atoms with Gasteiger partial charge in [-0.3, -0.25) is 4.79 Å². The van der Waals surface area contributed by atoms with E-state index >= 15 is 0 Å². The number of aliphatic hydroxyl groups is 1. The lowest BCUT2D eigenvalue weighted by Gasteiger charge is -2.49. The highest BCUT2D eigenvalue weighted by Gasteiger charge is 2.56. The molecule has 3 saturated heterocycles. The van der Waals surface area contributed by atoms with Gasteiger partial charge >= 0.3 is 23.9 Å². The lowest BCUT2D eigenvalue weighted by atomic mass is 9.94. The van der Waals surface area contributed by atoms with Gasteiger partial charge in [0.15, 0.2) is 37.2 Å². The lowest BCUT2D eigenvalue weighted by molar-refractivity contribution is -0.358. The second-order valence-corrected chi connectivity index (χ2v) is 24.0. The van der Waals surface area contributed by atoms with Crippen molar-refractivity contribution in [1.82, 2.24) is 5.32 Å². The summed E-state index contributed by atoms with van der Waals surface area (Å²) in [4.78, 5) is 70.7. The van der Waals surface area contributed by atoms with E-state index in [2.05, 4.69) is 12.2 Å². The molecule has 7 aromatic rings. The first-order chi connectivity index (χ1) is 47.4. The zero-order valence-corrected chi connectivity index (χ0v) is 54.6. The molecule has 0 aromatic heterocycles. The molecule has 0 saturated carbocycles. The average Bonchev–Trinajstić information content (AvgIpc) is 0.784. The maximum absolute atomic E-state index is 14.5. The number of hydrogen-bond acceptors (Lipinski definition) is 19. The Morgan fingerprint density at radius 1 is 0.402 bits per heavy atom. The Balaban J connectivity index is 1.02. The molecule has 0 spiro atoms. The number of rotatable bonds is 32. The van der Waals surface area contributed by atoms with E-state index in [-0.39, 0.29) is 48.7 Å². The minimum absolute atomic E-state index is 0.0729. The van der Waals surface area contributed by atoms with Gasteiger partial charge in [-0.05, 0) is 78.6 Å². The number of aliphatic hydroxyl groups excluding tert-OH is 1. The molecule has 0 radical (unpaired) electrons. The van der Waals surface area contributed by atoms with Crippen LogP contribution < -0.4 is 5.32 Å². The van der Waals surface area contributed by atoms with Gasteiger partial charge in [-0.2, -0.15) is 0 Å². The van der Waals surface area contributed by atoms with E-state index in [1.165, 1.54) is 43.3 Å². The third-order valence-corrected chi connectivity index (χ3v) is 16.9. The van der Waals surface area contributed by atoms with E-state index in [1.54, 1.807) is 84.9 Å². The molecule has 10 rings (SSSR count). The number of unbranched alkanes of at least 4 members (excludes halogenated alkanes) is 5. The van der Waals surface area contributed by atoms with Gasteiger partial charge in [0, 0.05) is 13.5 Å². The summed E-state index contributed by atoms with van der Waals surface area (Å²) in [5.74, 6) is -3.99. The number of amides is 1. The van der Waals surface area contributed by atoms with Gasteiger partial charge in [0.25, 0.3) is 0 Å². The Hall–Kier alpha value is -8.51. The van der Waals surface area contributed by atoms with Crippen molar-refractivity contribution >= 4 is 29.8 Å². The van der Waals surface area contributed by atoms with Crippen molar-refractivity contribution in [3.05, 3.63) is 251 Å². The highest BCUT2D eigenvalue weighted by molar-refractivity contribution is 5.91. The molecule has 1 amide bonds. The Kier molecular flexibility index (Phi) is 27.0. The summed E-state index contributed by atoms with van der Waals surface area (Å²) in [5, 5.41) is 16.1. The SMILES string of the molecule is CCCCCCCCO[C@H]1O[C@H](CO[C@@H]2O[C@H](COC(=O)c3ccccc3)[C@H](OC(=O)c3ccccc3)[C@H](OC(=O)c3ccccc3)[C@H]2OC(=O)c2ccccc2)[C@@H](O)[C@H](O[C@@H]2O[C@@H](C)[C@@H](OCc3ccccc3)[C@@H](OCc3ccccc3)[C@@H]2OCc2ccccc2)[C@H]1NC(C)=O. The van der Waals surface area contributed by atoms with E-state index in [4.69, 9.17) is 61.6 Å². The van der Waals surface area contributed by atoms with Crippen LogP contribution in [0.25, 0.3) is 0 Å². The molecular formula is C77H85NO19. The van der Waals surface area contributed by atoms with Crippen molar-refractivity contribution in [3.8, 4) is 0 Å². The molecule has 0 unspecified atom stereocenters. The van der Waals surface area contributed by atoms with Crippen LogP contribution in [0.1, 0.15) is 117 Å². The highest BCUT2D eigenvalue weighted by Crippen LogP contribution is 2.37. The number of nitrogens with one attached hydrogen (secondary N) is 1. The molecular weight excluding hydrogens is 1240 g/mol. The number of carbonyl (C=O) groups excluding carboxylic acids is 5. The van der Waals surface area contributed by atoms with Gasteiger partial charge in [0.1, 0.15) is 55.4 Å². The van der Waals surface area contributed by atoms with Crippen LogP contribution in [-0.4, -0.2) is 147 Å². The number of hydrogen-bond donors (Lipinski definition) is 2. The van der Waals surface area contributed by atoms with Crippen molar-refractivity contribution in [3.63, 3.8) is 0 Å². The summed E-state index contributed by atoms with van der Waals surface area (Å²) in [6.07, 6.45) is -13.7. The molecule has 0 bridgehead atoms. The second kappa shape index (κ2) is 36.7. The predicted octanol–water partition coefficient (Wildman–Crippen LogP) is 11.1. The monoisotopic (exact) mass is 1330 g/mol. The van der Waals surface area contributed by atoms with E-state index in [1.807, 2.05) is 97.9 Å². The average molecular weight is 1330 g/mol. The van der Waals surface area contributed by atoms with Crippen molar-refractivity contribution in [2.45, 2.75) is 171 Å². The third-order valence-electron chi connectivity index (χ3n) is 16.9. The third kappa shape index (κ3) is 20.3. The normalized spacial score (nSPS) is 25.4. The standard InChI is InChI=1S/C77H85NO19/c1-4-5-6-7-8-30-45-85-75-62(78-52(3)79)66(97-77-69(88-48-55-35-20-11-21-36-55)67(87-47-54-33-18-10-19-34-54)64(51(2)91-77)86-46-53-31-16-9-17-32-53)63(80)60(92-75)49-90-76-70(96-74(84)59-43-28-15-29-44-59)68(95-73(83)58-41-26-14-27-42-58)65(94-72(82)57-39-24-13-25-40-57)61(93-76)50-89-71(81)56-37-22-12-23-38-56/h9-29,31-44,51,60-70,75-77,80H,4-8,30,45-50H2,1-3H3,(H,78,79)/t51-,60+,61+,62+,63+,64+,65-,66+,67+,68-,69-,70+,75-,76+,77-/m0/s1. The van der Waals surface area contributed by atoms with Gasteiger partial charge in [0.05, 0.1) is 54.8 Å². The minimum Gasteiger partial charge on any atom is -0.459 e. The van der Waals surface area contributed by atoms with Crippen molar-refractivity contribution in [2.75, 3.05) is 19.8 Å². The minimum atomic E-state index is -1.80. The first kappa shape index (κ1) is 71.3. The van der Waals surface area contributed by atoms with Gasteiger partial charge < -0.3 is 72.0 Å². The smallest absolute Gasteiger partial charge is 0.338 e. The van der Waals surface area contributed by atoms with Crippen LogP contribution in [0, 0.1) is 0 Å². The quantitative estimate of drug-likeness (QED) is 0.0226. The fourth-order valence-electron chi connectivity index (χ4n) is 11.8. The molecule has 3 aliphatic heterocycles. The van der Waals surface area contributed by atoms with E-state index in [9.17, 15) is 29.1 Å². The maximum Gasteiger partial charge on any atom is 0.338 e. The van der Waals surface area contributed by atoms with Crippen molar-refractivity contribution in [2.24, 2.45) is 0 Å². The van der Waals surface area contributed by atoms with Crippen LogP contribution in [0.3, 0.4) is 0 Å². The Labute approximate surface area is 565 Å². The van der Waals surface area contributed by atoms with Crippen LogP contribution >= 0.6 is 0 Å². The summed E-state index contributed by atoms with van der Waals surface area (Å²) in [5.41, 5.74) is 3.08. The molecule has 3 heterocycles. The van der Waals surface area contributed by atoms with Crippen LogP contribution in [0.15, 0.2) is 212 Å². The Morgan fingerprint density at radius 3 is 1.32 bits per heavy atom. The molecule has 0 aliphatic carbocycles. The van der Waals surface area contributed by atoms with Crippen molar-refractivity contribution in [1.29, 1.82) is 0 Å². The molecule has 7 aromatic carbocycles. The van der Waals surface area contributed by atoms with E-state index < -0.39 is 135 Å². The lowest BCUT2D eigenvalue weighted by Crippen LogP contribution is -2.68. The van der Waals surface area contributed by atoms with Crippen LogP contribution in [0.4, 0.5) is 0 Å². The largest absolute Gasteiger partial charge is 0.459 e. The van der Waals surface area contributed by atoms with Gasteiger partial charge in [0.2, 0.25) is 5.91 Å². The summed E-state index contributed by atoms with van der Waals surface area (Å²) >= 11 is 0. The van der Waals surface area contributed by atoms with Gasteiger partial charge in [-0.1, -0.05) is 203 Å². The first-order valence-electron chi connectivity index (χ1n) is 33.2. The van der Waals surface area contributed by atoms with Gasteiger partial charge in [-0.25, -0.2) is 19.2 Å². The van der Waals surface area contributed by atoms with Crippen LogP contribution in [0.5, 0.6) is 0 Å². The number of esters is 4. The molecule has 20 heteroatoms. The molecule has 2 N–H and O–H groups in total. The fourth-order valence-corrected chi connectivity index (χ4v) is 11.8. The summed E-state index contributed by atoms with van der Waals surface area (Å²) in [7, 11) is 0. The number of benzene rings is 7. The van der Waals surface area contributed by atoms with Crippen molar-refractivity contribution < 1.29 is 90.7 Å². The van der Waals surface area contributed by atoms with Crippen LogP contribution in [0.2, 0.25) is 0 Å². The molecule has 3 aliphatic rings. The summed E-state index contributed by atoms with van der Waals surface area (Å²) in [6.45, 7) is 4.65. The molecule has 15 atom stereocenters. The Morgan fingerprint density at radius 2 is 0.825 bits per heavy atom. The predicted molar refractivity (Wildman–Crippen MR) is 354 cm³/mol. The maximum atomic E-state index is 14.5. The summed E-state index contributed by atoms with van der Waals surface area (Å²) < 4.78 is 86.3. The first-order valence-corrected chi connectivity index (χ1v) is 33.2. The molecule has 3 fully saturated rings. The second-order valence-electron chi connectivity index (χ2n) is 24.0. The summed E-state index contributed by atoms with van der Waals surface area (Å²) in [6, 6.07) is 59.8. The zero-order chi connectivity index (χ0) is 67.7. The Bertz CT molecular complexity index is 3510. The highest BCUT2D eigenvalue weighted by atomic mass is 16.8. The molecule has 97 heavy (non-hydrogen) atoms. The zero-order valence-electron chi connectivity index (χ0n) is 54.6.